The zero-order chi connectivity index (χ0) is 15.0. The maximum absolute atomic E-state index is 11.5. The third kappa shape index (κ3) is 6.91. The molecular weight excluding hydrogens is 276 g/mol. The van der Waals surface area contributed by atoms with Crippen LogP contribution in [0.3, 0.4) is 0 Å². The third-order valence-electron chi connectivity index (χ3n) is 2.95. The highest BCUT2D eigenvalue weighted by atomic mass is 32.2. The Hall–Kier alpha value is -1.07. The van der Waals surface area contributed by atoms with Crippen LogP contribution in [-0.4, -0.2) is 37.7 Å². The molecule has 0 bridgehead atoms. The normalized spacial score (nSPS) is 13.2. The molecule has 0 heterocycles. The molecule has 1 unspecified atom stereocenters. The molecule has 0 saturated heterocycles. The first-order valence-corrected chi connectivity index (χ1v) is 8.85. The van der Waals surface area contributed by atoms with Crippen LogP contribution in [0.4, 0.5) is 0 Å². The fraction of sp³-hybridized carbons (Fsp3) is 0.600. The molecule has 0 radical (unpaired) electrons. The van der Waals surface area contributed by atoms with Crippen molar-refractivity contribution in [1.29, 1.82) is 0 Å². The van der Waals surface area contributed by atoms with Gasteiger partial charge in [-0.1, -0.05) is 19.1 Å². The zero-order valence-corrected chi connectivity index (χ0v) is 13.0. The number of aliphatic hydroxyl groups is 1. The Balaban J connectivity index is 2.38. The summed E-state index contributed by atoms with van der Waals surface area (Å²) in [6, 6.07) is 7.56. The molecule has 20 heavy (non-hydrogen) atoms. The van der Waals surface area contributed by atoms with E-state index in [9.17, 15) is 13.5 Å². The quantitative estimate of drug-likeness (QED) is 0.759. The van der Waals surface area contributed by atoms with Crippen molar-refractivity contribution in [2.75, 3.05) is 18.1 Å². The fourth-order valence-corrected chi connectivity index (χ4v) is 2.99. The number of benzene rings is 1. The minimum atomic E-state index is -2.98. The highest BCUT2D eigenvalue weighted by molar-refractivity contribution is 7.91. The molecule has 0 amide bonds. The van der Waals surface area contributed by atoms with Gasteiger partial charge in [-0.15, -0.1) is 0 Å². The van der Waals surface area contributed by atoms with E-state index < -0.39 is 9.84 Å². The van der Waals surface area contributed by atoms with Gasteiger partial charge in [-0.05, 0) is 43.9 Å². The first kappa shape index (κ1) is 17.0. The lowest BCUT2D eigenvalue weighted by molar-refractivity contribution is 0.185. The van der Waals surface area contributed by atoms with Crippen molar-refractivity contribution in [1.82, 2.24) is 0 Å². The van der Waals surface area contributed by atoms with Gasteiger partial charge < -0.3 is 9.84 Å². The summed E-state index contributed by atoms with van der Waals surface area (Å²) >= 11 is 0. The monoisotopic (exact) mass is 300 g/mol. The molecule has 114 valence electrons. The average molecular weight is 300 g/mol. The van der Waals surface area contributed by atoms with Crippen molar-refractivity contribution >= 4 is 9.84 Å². The van der Waals surface area contributed by atoms with Crippen molar-refractivity contribution in [3.05, 3.63) is 29.8 Å². The number of sulfone groups is 1. The Morgan fingerprint density at radius 3 is 2.40 bits per heavy atom. The smallest absolute Gasteiger partial charge is 0.153 e. The second-order valence-electron chi connectivity index (χ2n) is 5.03. The Morgan fingerprint density at radius 1 is 1.20 bits per heavy atom. The summed E-state index contributed by atoms with van der Waals surface area (Å²) in [5, 5.41) is 9.22. The van der Waals surface area contributed by atoms with E-state index in [2.05, 4.69) is 0 Å². The molecule has 0 spiro atoms. The van der Waals surface area contributed by atoms with E-state index in [0.29, 0.717) is 12.2 Å². The molecule has 1 N–H and O–H groups in total. The SMILES string of the molecule is CCCS(=O)(=O)CCOc1ccc(CCC(C)O)cc1. The summed E-state index contributed by atoms with van der Waals surface area (Å²) in [5.74, 6) is 0.955. The lowest BCUT2D eigenvalue weighted by Gasteiger charge is -2.08. The predicted molar refractivity (Wildman–Crippen MR) is 80.9 cm³/mol. The highest BCUT2D eigenvalue weighted by Crippen LogP contribution is 2.14. The predicted octanol–water partition coefficient (Wildman–Crippen LogP) is 2.20. The molecule has 0 saturated carbocycles. The van der Waals surface area contributed by atoms with E-state index in [4.69, 9.17) is 4.74 Å². The van der Waals surface area contributed by atoms with Gasteiger partial charge in [0.15, 0.2) is 9.84 Å². The molecule has 5 heteroatoms. The van der Waals surface area contributed by atoms with Crippen molar-refractivity contribution in [2.24, 2.45) is 0 Å². The minimum absolute atomic E-state index is 0.0601. The second kappa shape index (κ2) is 8.27. The number of ether oxygens (including phenoxy) is 1. The van der Waals surface area contributed by atoms with E-state index in [1.165, 1.54) is 0 Å². The van der Waals surface area contributed by atoms with Gasteiger partial charge in [-0.3, -0.25) is 0 Å². The van der Waals surface area contributed by atoms with Gasteiger partial charge in [-0.25, -0.2) is 8.42 Å². The number of hydrogen-bond donors (Lipinski definition) is 1. The summed E-state index contributed by atoms with van der Waals surface area (Å²) in [4.78, 5) is 0. The maximum atomic E-state index is 11.5. The highest BCUT2D eigenvalue weighted by Gasteiger charge is 2.09. The van der Waals surface area contributed by atoms with E-state index in [1.54, 1.807) is 6.92 Å². The van der Waals surface area contributed by atoms with Crippen molar-refractivity contribution in [3.8, 4) is 5.75 Å². The van der Waals surface area contributed by atoms with Gasteiger partial charge in [0, 0.05) is 0 Å². The molecule has 4 nitrogen and oxygen atoms in total. The van der Waals surface area contributed by atoms with Crippen LogP contribution in [0.25, 0.3) is 0 Å². The van der Waals surface area contributed by atoms with Gasteiger partial charge in [0.2, 0.25) is 0 Å². The van der Waals surface area contributed by atoms with Crippen LogP contribution < -0.4 is 4.74 Å². The van der Waals surface area contributed by atoms with Crippen molar-refractivity contribution in [3.63, 3.8) is 0 Å². The van der Waals surface area contributed by atoms with Crippen molar-refractivity contribution in [2.45, 2.75) is 39.2 Å². The lowest BCUT2D eigenvalue weighted by Crippen LogP contribution is -2.16. The zero-order valence-electron chi connectivity index (χ0n) is 12.2. The van der Waals surface area contributed by atoms with Crippen LogP contribution in [0.15, 0.2) is 24.3 Å². The van der Waals surface area contributed by atoms with E-state index in [1.807, 2.05) is 31.2 Å². The first-order chi connectivity index (χ1) is 9.43. The molecule has 0 fully saturated rings. The van der Waals surface area contributed by atoms with E-state index >= 15 is 0 Å². The summed E-state index contributed by atoms with van der Waals surface area (Å²) in [5.41, 5.74) is 1.14. The Bertz CT molecular complexity index is 477. The second-order valence-corrected chi connectivity index (χ2v) is 7.34. The largest absolute Gasteiger partial charge is 0.493 e. The first-order valence-electron chi connectivity index (χ1n) is 7.03. The van der Waals surface area contributed by atoms with Crippen LogP contribution >= 0.6 is 0 Å². The molecule has 1 rings (SSSR count). The Morgan fingerprint density at radius 2 is 1.85 bits per heavy atom. The molecule has 1 aromatic carbocycles. The minimum Gasteiger partial charge on any atom is -0.493 e. The average Bonchev–Trinajstić information content (AvgIpc) is 2.37. The van der Waals surface area contributed by atoms with Gasteiger partial charge in [0.1, 0.15) is 12.4 Å². The van der Waals surface area contributed by atoms with Crippen LogP contribution in [0.5, 0.6) is 5.75 Å². The van der Waals surface area contributed by atoms with E-state index in [-0.39, 0.29) is 24.2 Å². The van der Waals surface area contributed by atoms with Crippen LogP contribution in [0.1, 0.15) is 32.3 Å². The molecule has 0 aliphatic heterocycles. The van der Waals surface area contributed by atoms with E-state index in [0.717, 1.165) is 18.4 Å². The maximum Gasteiger partial charge on any atom is 0.153 e. The molecule has 1 aromatic rings. The summed E-state index contributed by atoms with van der Waals surface area (Å²) in [6.45, 7) is 3.81. The molecule has 0 aliphatic carbocycles. The summed E-state index contributed by atoms with van der Waals surface area (Å²) in [7, 11) is -2.98. The Kier molecular flexibility index (Phi) is 7.02. The standard InChI is InChI=1S/C15H24O4S/c1-3-11-20(17,18)12-10-19-15-8-6-14(7-9-15)5-4-13(2)16/h6-9,13,16H,3-5,10-12H2,1-2H3. The number of aliphatic hydroxyl groups excluding tert-OH is 1. The lowest BCUT2D eigenvalue weighted by atomic mass is 10.1. The van der Waals surface area contributed by atoms with Crippen LogP contribution in [-0.2, 0) is 16.3 Å². The fourth-order valence-electron chi connectivity index (χ4n) is 1.83. The molecular formula is C15H24O4S. The van der Waals surface area contributed by atoms with Gasteiger partial charge in [0.25, 0.3) is 0 Å². The molecule has 0 aliphatic rings. The van der Waals surface area contributed by atoms with Gasteiger partial charge in [-0.2, -0.15) is 0 Å². The molecule has 0 aromatic heterocycles. The number of aryl methyl sites for hydroxylation is 1. The van der Waals surface area contributed by atoms with Gasteiger partial charge >= 0.3 is 0 Å². The Labute approximate surface area is 121 Å². The summed E-state index contributed by atoms with van der Waals surface area (Å²) < 4.78 is 28.5. The summed E-state index contributed by atoms with van der Waals surface area (Å²) in [6.07, 6.45) is 1.90. The number of hydrogen-bond acceptors (Lipinski definition) is 4. The number of rotatable bonds is 9. The molecule has 1 atom stereocenters. The van der Waals surface area contributed by atoms with Crippen molar-refractivity contribution < 1.29 is 18.3 Å². The van der Waals surface area contributed by atoms with Crippen LogP contribution in [0.2, 0.25) is 0 Å². The van der Waals surface area contributed by atoms with Crippen LogP contribution in [0, 0.1) is 0 Å². The topological polar surface area (TPSA) is 63.6 Å². The third-order valence-corrected chi connectivity index (χ3v) is 4.77. The van der Waals surface area contributed by atoms with Gasteiger partial charge in [0.05, 0.1) is 17.6 Å².